The topological polar surface area (TPSA) is 38.4 Å². The average molecular weight is 379 g/mol. The van der Waals surface area contributed by atoms with Gasteiger partial charge in [-0.1, -0.05) is 11.6 Å². The molecule has 1 aliphatic rings. The van der Waals surface area contributed by atoms with Crippen molar-refractivity contribution < 1.29 is 4.90 Å². The molecule has 4 rings (SSSR count). The zero-order valence-electron chi connectivity index (χ0n) is 13.0. The van der Waals surface area contributed by atoms with Gasteiger partial charge < -0.3 is 9.80 Å². The Morgan fingerprint density at radius 2 is 1.96 bits per heavy atom. The lowest BCUT2D eigenvalue weighted by Gasteiger charge is -2.32. The number of nitrogens with zero attached hydrogens (tertiary/aromatic N) is 4. The average Bonchev–Trinajstić information content (AvgIpc) is 2.92. The lowest BCUT2D eigenvalue weighted by molar-refractivity contribution is -0.923. The zero-order valence-corrected chi connectivity index (χ0v) is 15.4. The molecule has 1 saturated heterocycles. The highest BCUT2D eigenvalue weighted by molar-refractivity contribution is 7.73. The van der Waals surface area contributed by atoms with Gasteiger partial charge in [-0.05, 0) is 36.5 Å². The van der Waals surface area contributed by atoms with Crippen LogP contribution in [-0.2, 0) is 6.67 Å². The lowest BCUT2D eigenvalue weighted by atomic mass is 10.3. The predicted molar refractivity (Wildman–Crippen MR) is 101 cm³/mol. The molecule has 2 aromatic heterocycles. The van der Waals surface area contributed by atoms with Crippen molar-refractivity contribution in [2.45, 2.75) is 6.67 Å². The molecule has 0 atom stereocenters. The summed E-state index contributed by atoms with van der Waals surface area (Å²) in [6.07, 6.45) is 3.59. The molecule has 24 heavy (non-hydrogen) atoms. The summed E-state index contributed by atoms with van der Waals surface area (Å²) in [5, 5.41) is 0.755. The highest BCUT2D eigenvalue weighted by atomic mass is 35.5. The number of nitrogens with one attached hydrogen (secondary N) is 1. The molecule has 0 aliphatic carbocycles. The van der Waals surface area contributed by atoms with Crippen LogP contribution in [0.4, 0.5) is 5.95 Å². The largest absolute Gasteiger partial charge is 0.330 e. The first-order valence-corrected chi connectivity index (χ1v) is 9.45. The molecule has 124 valence electrons. The fourth-order valence-corrected chi connectivity index (χ4v) is 4.51. The van der Waals surface area contributed by atoms with E-state index in [1.54, 1.807) is 23.7 Å². The zero-order chi connectivity index (χ0) is 16.5. The van der Waals surface area contributed by atoms with Crippen LogP contribution >= 0.6 is 35.2 Å². The van der Waals surface area contributed by atoms with Crippen LogP contribution in [0.1, 0.15) is 0 Å². The van der Waals surface area contributed by atoms with E-state index in [1.165, 1.54) is 9.60 Å². The maximum Gasteiger partial charge on any atom is 0.225 e. The number of halogens is 1. The van der Waals surface area contributed by atoms with Crippen LogP contribution in [0.15, 0.2) is 36.7 Å². The van der Waals surface area contributed by atoms with Gasteiger partial charge in [-0.2, -0.15) is 0 Å². The number of quaternary nitrogens is 1. The SMILES string of the molecule is S=c1sc2ccc(Cl)cc2n1C[NH+]1CCN(c2ncccn2)CC1. The van der Waals surface area contributed by atoms with Crippen molar-refractivity contribution in [3.8, 4) is 0 Å². The molecule has 0 spiro atoms. The highest BCUT2D eigenvalue weighted by Gasteiger charge is 2.22. The Labute approximate surface area is 154 Å². The first-order valence-electron chi connectivity index (χ1n) is 7.85. The van der Waals surface area contributed by atoms with E-state index in [0.29, 0.717) is 0 Å². The third kappa shape index (κ3) is 3.17. The van der Waals surface area contributed by atoms with Crippen molar-refractivity contribution in [3.63, 3.8) is 0 Å². The van der Waals surface area contributed by atoms with E-state index in [-0.39, 0.29) is 0 Å². The number of hydrogen-bond donors (Lipinski definition) is 1. The minimum absolute atomic E-state index is 0.755. The van der Waals surface area contributed by atoms with Crippen molar-refractivity contribution in [2.75, 3.05) is 31.1 Å². The van der Waals surface area contributed by atoms with E-state index >= 15 is 0 Å². The van der Waals surface area contributed by atoms with Crippen molar-refractivity contribution in [3.05, 3.63) is 45.6 Å². The third-order valence-corrected chi connectivity index (χ3v) is 5.98. The van der Waals surface area contributed by atoms with Crippen molar-refractivity contribution in [2.24, 2.45) is 0 Å². The minimum atomic E-state index is 0.755. The molecule has 1 N–H and O–H groups in total. The maximum absolute atomic E-state index is 6.16. The Hall–Kier alpha value is -1.54. The van der Waals surface area contributed by atoms with E-state index in [2.05, 4.69) is 25.5 Å². The van der Waals surface area contributed by atoms with Crippen LogP contribution in [0.2, 0.25) is 5.02 Å². The van der Waals surface area contributed by atoms with Crippen molar-refractivity contribution in [1.29, 1.82) is 0 Å². The molecule has 0 radical (unpaired) electrons. The summed E-state index contributed by atoms with van der Waals surface area (Å²) in [6, 6.07) is 7.83. The normalized spacial score (nSPS) is 16.0. The molecule has 1 aliphatic heterocycles. The van der Waals surface area contributed by atoms with Gasteiger partial charge >= 0.3 is 0 Å². The number of thiazole rings is 1. The number of piperazine rings is 1. The second kappa shape index (κ2) is 6.76. The molecule has 5 nitrogen and oxygen atoms in total. The standard InChI is InChI=1S/C16H16ClN5S2/c17-12-2-3-14-13(10-12)22(16(23)24-14)11-20-6-8-21(9-7-20)15-18-4-1-5-19-15/h1-5,10H,6-9,11H2/p+1. The number of rotatable bonds is 3. The summed E-state index contributed by atoms with van der Waals surface area (Å²) < 4.78 is 4.32. The quantitative estimate of drug-likeness (QED) is 0.709. The Kier molecular flexibility index (Phi) is 4.49. The second-order valence-electron chi connectivity index (χ2n) is 5.85. The number of benzene rings is 1. The first kappa shape index (κ1) is 16.0. The molecule has 0 saturated carbocycles. The van der Waals surface area contributed by atoms with Crippen LogP contribution in [-0.4, -0.2) is 40.7 Å². The Morgan fingerprint density at radius 3 is 2.71 bits per heavy atom. The van der Waals surface area contributed by atoms with Gasteiger partial charge in [-0.15, -0.1) is 11.3 Å². The number of fused-ring (bicyclic) bond motifs is 1. The van der Waals surface area contributed by atoms with Gasteiger partial charge in [0.25, 0.3) is 0 Å². The van der Waals surface area contributed by atoms with E-state index < -0.39 is 0 Å². The van der Waals surface area contributed by atoms with Crippen LogP contribution in [0, 0.1) is 3.95 Å². The minimum Gasteiger partial charge on any atom is -0.330 e. The molecule has 1 aromatic carbocycles. The molecule has 8 heteroatoms. The summed E-state index contributed by atoms with van der Waals surface area (Å²) in [4.78, 5) is 12.4. The summed E-state index contributed by atoms with van der Waals surface area (Å²) in [6.45, 7) is 4.86. The molecule has 0 bridgehead atoms. The van der Waals surface area contributed by atoms with Gasteiger partial charge in [0.15, 0.2) is 10.6 Å². The first-order chi connectivity index (χ1) is 11.7. The number of aromatic nitrogens is 3. The van der Waals surface area contributed by atoms with Crippen molar-refractivity contribution >= 4 is 51.3 Å². The van der Waals surface area contributed by atoms with Crippen LogP contribution in [0.5, 0.6) is 0 Å². The van der Waals surface area contributed by atoms with Crippen molar-refractivity contribution in [1.82, 2.24) is 14.5 Å². The highest BCUT2D eigenvalue weighted by Crippen LogP contribution is 2.25. The van der Waals surface area contributed by atoms with Gasteiger partial charge in [0.05, 0.1) is 36.4 Å². The molecule has 3 heterocycles. The van der Waals surface area contributed by atoms with E-state index in [9.17, 15) is 0 Å². The molecular weight excluding hydrogens is 362 g/mol. The fourth-order valence-electron chi connectivity index (χ4n) is 3.04. The maximum atomic E-state index is 6.16. The van der Waals surface area contributed by atoms with E-state index in [0.717, 1.165) is 53.3 Å². The van der Waals surface area contributed by atoms with Gasteiger partial charge in [0, 0.05) is 17.4 Å². The molecule has 3 aromatic rings. The molecule has 0 amide bonds. The summed E-state index contributed by atoms with van der Waals surface area (Å²) in [7, 11) is 0. The monoisotopic (exact) mass is 378 g/mol. The van der Waals surface area contributed by atoms with Gasteiger partial charge in [0.2, 0.25) is 5.95 Å². The third-order valence-electron chi connectivity index (χ3n) is 4.32. The second-order valence-corrected chi connectivity index (χ2v) is 7.96. The Bertz CT molecular complexity index is 900. The summed E-state index contributed by atoms with van der Waals surface area (Å²) in [5.41, 5.74) is 1.14. The smallest absolute Gasteiger partial charge is 0.225 e. The number of hydrogen-bond acceptors (Lipinski definition) is 5. The summed E-state index contributed by atoms with van der Waals surface area (Å²) >= 11 is 13.4. The van der Waals surface area contributed by atoms with Gasteiger partial charge in [-0.3, -0.25) is 4.57 Å². The summed E-state index contributed by atoms with van der Waals surface area (Å²) in [5.74, 6) is 0.820. The van der Waals surface area contributed by atoms with Crippen LogP contribution in [0.3, 0.4) is 0 Å². The fraction of sp³-hybridized carbons (Fsp3) is 0.312. The predicted octanol–water partition coefficient (Wildman–Crippen LogP) is 2.24. The molecular formula is C16H17ClN5S2+. The number of anilines is 1. The van der Waals surface area contributed by atoms with E-state index in [4.69, 9.17) is 23.8 Å². The van der Waals surface area contributed by atoms with Gasteiger partial charge in [0.1, 0.15) is 0 Å². The molecule has 0 unspecified atom stereocenters. The van der Waals surface area contributed by atoms with Crippen LogP contribution < -0.4 is 9.80 Å². The van der Waals surface area contributed by atoms with E-state index in [1.807, 2.05) is 18.2 Å². The molecule has 1 fully saturated rings. The Balaban J connectivity index is 1.49. The van der Waals surface area contributed by atoms with Gasteiger partial charge in [-0.25, -0.2) is 9.97 Å². The lowest BCUT2D eigenvalue weighted by Crippen LogP contribution is -3.14. The van der Waals surface area contributed by atoms with Crippen LogP contribution in [0.25, 0.3) is 10.2 Å². The Morgan fingerprint density at radius 1 is 1.21 bits per heavy atom.